The standard InChI is InChI=1S/C23H34N4O7/c1-23(2,3)34-20(29)19(24-16-28)15-17-5-7-18(8-6-17)25-21(30)26-9-11-27(12-10-26)22(31)33-14-13-32-4/h5-8,16,19H,9-15H2,1-4H3,(H,24,28)(H,25,30)/t19-/m0/s1. The van der Waals surface area contributed by atoms with Crippen LogP contribution in [0.3, 0.4) is 0 Å². The molecule has 1 atom stereocenters. The maximum Gasteiger partial charge on any atom is 0.409 e. The number of piperazine rings is 1. The molecule has 11 nitrogen and oxygen atoms in total. The summed E-state index contributed by atoms with van der Waals surface area (Å²) in [6, 6.07) is 5.91. The van der Waals surface area contributed by atoms with Crippen LogP contribution in [0.25, 0.3) is 0 Å². The van der Waals surface area contributed by atoms with Crippen LogP contribution in [-0.2, 0) is 30.2 Å². The minimum Gasteiger partial charge on any atom is -0.458 e. The van der Waals surface area contributed by atoms with E-state index in [0.717, 1.165) is 5.56 Å². The first-order chi connectivity index (χ1) is 16.1. The average Bonchev–Trinajstić information content (AvgIpc) is 2.79. The van der Waals surface area contributed by atoms with Crippen molar-refractivity contribution in [3.63, 3.8) is 0 Å². The number of anilines is 1. The van der Waals surface area contributed by atoms with E-state index in [9.17, 15) is 19.2 Å². The van der Waals surface area contributed by atoms with Crippen molar-refractivity contribution in [2.75, 3.05) is 51.8 Å². The highest BCUT2D eigenvalue weighted by molar-refractivity contribution is 5.89. The Morgan fingerprint density at radius 1 is 1.03 bits per heavy atom. The van der Waals surface area contributed by atoms with Crippen LogP contribution in [0.5, 0.6) is 0 Å². The number of nitrogens with one attached hydrogen (secondary N) is 2. The Morgan fingerprint density at radius 2 is 1.65 bits per heavy atom. The first-order valence-corrected chi connectivity index (χ1v) is 11.1. The van der Waals surface area contributed by atoms with Gasteiger partial charge in [-0.25, -0.2) is 14.4 Å². The molecular formula is C23H34N4O7. The molecule has 0 aromatic heterocycles. The molecular weight excluding hydrogens is 444 g/mol. The number of benzene rings is 1. The lowest BCUT2D eigenvalue weighted by Gasteiger charge is -2.34. The van der Waals surface area contributed by atoms with E-state index in [1.54, 1.807) is 54.8 Å². The van der Waals surface area contributed by atoms with E-state index in [1.165, 1.54) is 7.11 Å². The van der Waals surface area contributed by atoms with Crippen molar-refractivity contribution in [3.8, 4) is 0 Å². The van der Waals surface area contributed by atoms with Gasteiger partial charge in [0.25, 0.3) is 0 Å². The first-order valence-electron chi connectivity index (χ1n) is 11.1. The Bertz CT molecular complexity index is 831. The quantitative estimate of drug-likeness (QED) is 0.314. The third-order valence-electron chi connectivity index (χ3n) is 4.94. The number of urea groups is 1. The van der Waals surface area contributed by atoms with E-state index in [2.05, 4.69) is 10.6 Å². The second kappa shape index (κ2) is 12.8. The summed E-state index contributed by atoms with van der Waals surface area (Å²) in [5.41, 5.74) is 0.722. The molecule has 1 fully saturated rings. The summed E-state index contributed by atoms with van der Waals surface area (Å²) in [5, 5.41) is 5.32. The van der Waals surface area contributed by atoms with Crippen LogP contribution in [0.4, 0.5) is 15.3 Å². The number of ether oxygens (including phenoxy) is 3. The lowest BCUT2D eigenvalue weighted by atomic mass is 10.1. The predicted molar refractivity (Wildman–Crippen MR) is 124 cm³/mol. The number of amides is 4. The summed E-state index contributed by atoms with van der Waals surface area (Å²) in [5.74, 6) is -0.515. The molecule has 1 heterocycles. The van der Waals surface area contributed by atoms with Crippen LogP contribution >= 0.6 is 0 Å². The van der Waals surface area contributed by atoms with Gasteiger partial charge in [0.1, 0.15) is 18.2 Å². The summed E-state index contributed by atoms with van der Waals surface area (Å²) in [4.78, 5) is 51.0. The summed E-state index contributed by atoms with van der Waals surface area (Å²) < 4.78 is 15.3. The average molecular weight is 479 g/mol. The minimum absolute atomic E-state index is 0.190. The van der Waals surface area contributed by atoms with Gasteiger partial charge in [-0.3, -0.25) is 4.79 Å². The van der Waals surface area contributed by atoms with Gasteiger partial charge in [0.2, 0.25) is 6.41 Å². The van der Waals surface area contributed by atoms with Crippen molar-refractivity contribution in [2.24, 2.45) is 0 Å². The topological polar surface area (TPSA) is 127 Å². The highest BCUT2D eigenvalue weighted by atomic mass is 16.6. The SMILES string of the molecule is COCCOC(=O)N1CCN(C(=O)Nc2ccc(C[C@H](NC=O)C(=O)OC(C)(C)C)cc2)CC1. The number of carbonyl (C=O) groups is 4. The third kappa shape index (κ3) is 8.89. The molecule has 0 saturated carbocycles. The molecule has 0 bridgehead atoms. The lowest BCUT2D eigenvalue weighted by molar-refractivity contribution is -0.158. The molecule has 2 N–H and O–H groups in total. The van der Waals surface area contributed by atoms with E-state index < -0.39 is 23.7 Å². The van der Waals surface area contributed by atoms with E-state index in [0.29, 0.717) is 44.9 Å². The molecule has 0 radical (unpaired) electrons. The number of rotatable bonds is 9. The Balaban J connectivity index is 1.85. The third-order valence-corrected chi connectivity index (χ3v) is 4.94. The largest absolute Gasteiger partial charge is 0.458 e. The number of nitrogens with zero attached hydrogens (tertiary/aromatic N) is 2. The van der Waals surface area contributed by atoms with Gasteiger partial charge in [-0.05, 0) is 38.5 Å². The summed E-state index contributed by atoms with van der Waals surface area (Å²) in [6.45, 7) is 7.34. The highest BCUT2D eigenvalue weighted by Gasteiger charge is 2.26. The second-order valence-corrected chi connectivity index (χ2v) is 8.78. The van der Waals surface area contributed by atoms with Gasteiger partial charge < -0.3 is 34.6 Å². The Hall–Kier alpha value is -3.34. The maximum atomic E-state index is 12.6. The molecule has 1 aliphatic rings. The van der Waals surface area contributed by atoms with Crippen molar-refractivity contribution in [1.29, 1.82) is 0 Å². The van der Waals surface area contributed by atoms with Gasteiger partial charge in [0.15, 0.2) is 0 Å². The lowest BCUT2D eigenvalue weighted by Crippen LogP contribution is -2.51. The first kappa shape index (κ1) is 26.9. The van der Waals surface area contributed by atoms with E-state index in [4.69, 9.17) is 14.2 Å². The molecule has 11 heteroatoms. The van der Waals surface area contributed by atoms with Crippen molar-refractivity contribution < 1.29 is 33.4 Å². The van der Waals surface area contributed by atoms with Crippen molar-refractivity contribution in [2.45, 2.75) is 38.8 Å². The van der Waals surface area contributed by atoms with Crippen LogP contribution in [-0.4, -0.2) is 92.4 Å². The highest BCUT2D eigenvalue weighted by Crippen LogP contribution is 2.15. The molecule has 1 saturated heterocycles. The smallest absolute Gasteiger partial charge is 0.409 e. The van der Waals surface area contributed by atoms with Gasteiger partial charge in [0, 0.05) is 45.4 Å². The predicted octanol–water partition coefficient (Wildman–Crippen LogP) is 1.62. The fourth-order valence-corrected chi connectivity index (χ4v) is 3.22. The van der Waals surface area contributed by atoms with E-state index in [1.807, 2.05) is 0 Å². The molecule has 0 spiro atoms. The Kier molecular flexibility index (Phi) is 10.1. The van der Waals surface area contributed by atoms with Crippen LogP contribution < -0.4 is 10.6 Å². The fraction of sp³-hybridized carbons (Fsp3) is 0.565. The number of hydrogen-bond donors (Lipinski definition) is 2. The Morgan fingerprint density at radius 3 is 2.21 bits per heavy atom. The number of esters is 1. The molecule has 1 aromatic rings. The maximum absolute atomic E-state index is 12.6. The summed E-state index contributed by atoms with van der Waals surface area (Å²) in [6.07, 6.45) is 0.313. The molecule has 0 unspecified atom stereocenters. The van der Waals surface area contributed by atoms with E-state index in [-0.39, 0.29) is 19.1 Å². The van der Waals surface area contributed by atoms with Crippen LogP contribution in [0.1, 0.15) is 26.3 Å². The molecule has 2 rings (SSSR count). The molecule has 34 heavy (non-hydrogen) atoms. The summed E-state index contributed by atoms with van der Waals surface area (Å²) >= 11 is 0. The van der Waals surface area contributed by atoms with Crippen LogP contribution in [0.15, 0.2) is 24.3 Å². The fourth-order valence-electron chi connectivity index (χ4n) is 3.22. The van der Waals surface area contributed by atoms with Crippen LogP contribution in [0, 0.1) is 0 Å². The molecule has 0 aliphatic carbocycles. The molecule has 1 aliphatic heterocycles. The van der Waals surface area contributed by atoms with Crippen LogP contribution in [0.2, 0.25) is 0 Å². The minimum atomic E-state index is -0.811. The van der Waals surface area contributed by atoms with Gasteiger partial charge in [-0.15, -0.1) is 0 Å². The van der Waals surface area contributed by atoms with Crippen molar-refractivity contribution in [3.05, 3.63) is 29.8 Å². The molecule has 188 valence electrons. The van der Waals surface area contributed by atoms with Crippen molar-refractivity contribution in [1.82, 2.24) is 15.1 Å². The zero-order valence-electron chi connectivity index (χ0n) is 20.2. The normalized spacial score (nSPS) is 14.7. The second-order valence-electron chi connectivity index (χ2n) is 8.78. The Labute approximate surface area is 199 Å². The molecule has 4 amide bonds. The van der Waals surface area contributed by atoms with Crippen molar-refractivity contribution >= 4 is 30.2 Å². The van der Waals surface area contributed by atoms with Gasteiger partial charge >= 0.3 is 18.1 Å². The van der Waals surface area contributed by atoms with Gasteiger partial charge in [-0.1, -0.05) is 12.1 Å². The number of carbonyl (C=O) groups excluding carboxylic acids is 4. The van der Waals surface area contributed by atoms with Gasteiger partial charge in [-0.2, -0.15) is 0 Å². The van der Waals surface area contributed by atoms with E-state index >= 15 is 0 Å². The monoisotopic (exact) mass is 478 g/mol. The zero-order chi connectivity index (χ0) is 25.1. The molecule has 1 aromatic carbocycles. The number of hydrogen-bond acceptors (Lipinski definition) is 7. The van der Waals surface area contributed by atoms with Gasteiger partial charge in [0.05, 0.1) is 6.61 Å². The summed E-state index contributed by atoms with van der Waals surface area (Å²) in [7, 11) is 1.53. The zero-order valence-corrected chi connectivity index (χ0v) is 20.2. The number of methoxy groups -OCH3 is 1.